The van der Waals surface area contributed by atoms with E-state index in [9.17, 15) is 4.79 Å². The number of hydrogen-bond acceptors (Lipinski definition) is 4. The van der Waals surface area contributed by atoms with Crippen LogP contribution >= 0.6 is 27.3 Å². The largest absolute Gasteiger partial charge is 0.369 e. The Kier molecular flexibility index (Phi) is 6.99. The van der Waals surface area contributed by atoms with Crippen molar-refractivity contribution in [3.8, 4) is 0 Å². The molecule has 0 aliphatic carbocycles. The normalized spacial score (nSPS) is 14.6. The van der Waals surface area contributed by atoms with Gasteiger partial charge in [0.2, 0.25) is 5.91 Å². The molecule has 2 atom stereocenters. The molecule has 4 N–H and O–H groups in total. The Bertz CT molecular complexity index is 408. The zero-order valence-electron chi connectivity index (χ0n) is 11.4. The first-order valence-corrected chi connectivity index (χ1v) is 8.09. The van der Waals surface area contributed by atoms with Crippen molar-refractivity contribution in [2.24, 2.45) is 11.5 Å². The van der Waals surface area contributed by atoms with Gasteiger partial charge < -0.3 is 11.5 Å². The van der Waals surface area contributed by atoms with Crippen molar-refractivity contribution in [1.29, 1.82) is 0 Å². The molecule has 108 valence electrons. The lowest BCUT2D eigenvalue weighted by Gasteiger charge is -2.32. The smallest absolute Gasteiger partial charge is 0.231 e. The topological polar surface area (TPSA) is 72.3 Å². The molecule has 1 amide bonds. The van der Waals surface area contributed by atoms with Gasteiger partial charge in [0.15, 0.2) is 0 Å². The number of halogens is 1. The minimum absolute atomic E-state index is 0.0374. The van der Waals surface area contributed by atoms with Gasteiger partial charge in [-0.2, -0.15) is 0 Å². The molecule has 0 spiro atoms. The van der Waals surface area contributed by atoms with E-state index in [4.69, 9.17) is 11.5 Å². The first kappa shape index (κ1) is 16.6. The second-order valence-electron chi connectivity index (χ2n) is 4.74. The van der Waals surface area contributed by atoms with E-state index in [1.54, 1.807) is 11.3 Å². The first-order valence-electron chi connectivity index (χ1n) is 6.48. The van der Waals surface area contributed by atoms with Crippen molar-refractivity contribution in [3.05, 3.63) is 20.8 Å². The van der Waals surface area contributed by atoms with Gasteiger partial charge in [0.05, 0.1) is 16.4 Å². The average Bonchev–Trinajstić information content (AvgIpc) is 2.71. The fourth-order valence-electron chi connectivity index (χ4n) is 2.14. The van der Waals surface area contributed by atoms with Crippen LogP contribution < -0.4 is 11.5 Å². The summed E-state index contributed by atoms with van der Waals surface area (Å²) < 4.78 is 1.07. The third-order valence-electron chi connectivity index (χ3n) is 2.93. The molecule has 0 aromatic carbocycles. The van der Waals surface area contributed by atoms with Crippen molar-refractivity contribution >= 4 is 33.2 Å². The molecule has 0 saturated heterocycles. The summed E-state index contributed by atoms with van der Waals surface area (Å²) in [7, 11) is 0. The quantitative estimate of drug-likeness (QED) is 0.758. The predicted octanol–water partition coefficient (Wildman–Crippen LogP) is 2.49. The van der Waals surface area contributed by atoms with Crippen molar-refractivity contribution in [2.75, 3.05) is 13.1 Å². The zero-order chi connectivity index (χ0) is 14.4. The third-order valence-corrected chi connectivity index (χ3v) is 4.63. The Morgan fingerprint density at radius 1 is 1.53 bits per heavy atom. The highest BCUT2D eigenvalue weighted by molar-refractivity contribution is 9.11. The minimum Gasteiger partial charge on any atom is -0.369 e. The number of unbranched alkanes of at least 4 members (excludes halogenated alkanes) is 1. The first-order chi connectivity index (χ1) is 8.95. The molecule has 0 fully saturated rings. The molecule has 0 aliphatic heterocycles. The minimum atomic E-state index is -0.308. The number of amides is 1. The van der Waals surface area contributed by atoms with E-state index < -0.39 is 0 Å². The van der Waals surface area contributed by atoms with E-state index in [-0.39, 0.29) is 24.5 Å². The maximum absolute atomic E-state index is 11.3. The molecule has 0 radical (unpaired) electrons. The molecule has 0 bridgehead atoms. The van der Waals surface area contributed by atoms with Crippen LogP contribution in [0.4, 0.5) is 0 Å². The van der Waals surface area contributed by atoms with Crippen LogP contribution in [-0.4, -0.2) is 29.9 Å². The molecule has 1 aromatic heterocycles. The van der Waals surface area contributed by atoms with E-state index in [0.717, 1.165) is 23.2 Å². The van der Waals surface area contributed by atoms with Gasteiger partial charge in [-0.15, -0.1) is 11.3 Å². The third kappa shape index (κ3) is 5.22. The van der Waals surface area contributed by atoms with Gasteiger partial charge in [0.25, 0.3) is 0 Å². The second kappa shape index (κ2) is 7.99. The van der Waals surface area contributed by atoms with E-state index in [0.29, 0.717) is 0 Å². The Labute approximate surface area is 127 Å². The highest BCUT2D eigenvalue weighted by Gasteiger charge is 2.26. The van der Waals surface area contributed by atoms with Gasteiger partial charge in [0, 0.05) is 10.9 Å². The predicted molar refractivity (Wildman–Crippen MR) is 84.1 cm³/mol. The molecular formula is C13H22BrN3OS. The average molecular weight is 348 g/mol. The van der Waals surface area contributed by atoms with Crippen LogP contribution in [0.5, 0.6) is 0 Å². The number of carbonyl (C=O) groups is 1. The standard InChI is InChI=1S/C13H22BrN3OS/c1-3-4-7-17(8-12(16)18)13(9(2)15)10-5-6-11(14)19-10/h5-6,9,13H,3-4,7-8,15H2,1-2H3,(H2,16,18). The maximum Gasteiger partial charge on any atom is 0.231 e. The number of thiophene rings is 1. The molecule has 6 heteroatoms. The number of primary amides is 1. The van der Waals surface area contributed by atoms with Crippen LogP contribution in [0.1, 0.15) is 37.6 Å². The Hall–Kier alpha value is -0.430. The van der Waals surface area contributed by atoms with E-state index in [2.05, 4.69) is 33.8 Å². The summed E-state index contributed by atoms with van der Waals surface area (Å²) in [5.74, 6) is -0.308. The van der Waals surface area contributed by atoms with Gasteiger partial charge in [-0.3, -0.25) is 9.69 Å². The number of rotatable bonds is 8. The summed E-state index contributed by atoms with van der Waals surface area (Å²) in [6, 6.07) is 4.05. The van der Waals surface area contributed by atoms with Crippen LogP contribution in [0, 0.1) is 0 Å². The summed E-state index contributed by atoms with van der Waals surface area (Å²) in [5, 5.41) is 0. The second-order valence-corrected chi connectivity index (χ2v) is 7.23. The molecule has 19 heavy (non-hydrogen) atoms. The summed E-state index contributed by atoms with van der Waals surface area (Å²) in [6.45, 7) is 5.19. The Morgan fingerprint density at radius 2 is 2.21 bits per heavy atom. The van der Waals surface area contributed by atoms with E-state index in [1.165, 1.54) is 4.88 Å². The van der Waals surface area contributed by atoms with Gasteiger partial charge in [-0.1, -0.05) is 13.3 Å². The molecule has 0 aliphatic rings. The fraction of sp³-hybridized carbons (Fsp3) is 0.615. The van der Waals surface area contributed by atoms with Crippen LogP contribution in [-0.2, 0) is 4.79 Å². The molecule has 1 rings (SSSR count). The van der Waals surface area contributed by atoms with Crippen molar-refractivity contribution in [3.63, 3.8) is 0 Å². The Morgan fingerprint density at radius 3 is 2.63 bits per heavy atom. The lowest BCUT2D eigenvalue weighted by atomic mass is 10.1. The van der Waals surface area contributed by atoms with Crippen LogP contribution in [0.15, 0.2) is 15.9 Å². The van der Waals surface area contributed by atoms with Crippen LogP contribution in [0.3, 0.4) is 0 Å². The molecule has 4 nitrogen and oxygen atoms in total. The van der Waals surface area contributed by atoms with E-state index >= 15 is 0 Å². The van der Waals surface area contributed by atoms with E-state index in [1.807, 2.05) is 13.0 Å². The lowest BCUT2D eigenvalue weighted by molar-refractivity contribution is -0.119. The summed E-state index contributed by atoms with van der Waals surface area (Å²) >= 11 is 5.13. The fourth-order valence-corrected chi connectivity index (χ4v) is 3.81. The molecule has 1 aromatic rings. The molecule has 2 unspecified atom stereocenters. The van der Waals surface area contributed by atoms with Crippen molar-refractivity contribution in [1.82, 2.24) is 4.90 Å². The van der Waals surface area contributed by atoms with Gasteiger partial charge in [-0.05, 0) is 48.0 Å². The van der Waals surface area contributed by atoms with Crippen LogP contribution in [0.25, 0.3) is 0 Å². The highest BCUT2D eigenvalue weighted by atomic mass is 79.9. The van der Waals surface area contributed by atoms with Crippen molar-refractivity contribution < 1.29 is 4.79 Å². The maximum atomic E-state index is 11.3. The number of nitrogens with zero attached hydrogens (tertiary/aromatic N) is 1. The summed E-state index contributed by atoms with van der Waals surface area (Å²) in [4.78, 5) is 14.5. The van der Waals surface area contributed by atoms with Crippen molar-refractivity contribution in [2.45, 2.75) is 38.8 Å². The highest BCUT2D eigenvalue weighted by Crippen LogP contribution is 2.32. The van der Waals surface area contributed by atoms with Gasteiger partial charge in [0.1, 0.15) is 0 Å². The zero-order valence-corrected chi connectivity index (χ0v) is 13.8. The number of hydrogen-bond donors (Lipinski definition) is 2. The Balaban J connectivity index is 2.93. The number of carbonyl (C=O) groups excluding carboxylic acids is 1. The van der Waals surface area contributed by atoms with Gasteiger partial charge >= 0.3 is 0 Å². The van der Waals surface area contributed by atoms with Crippen LogP contribution in [0.2, 0.25) is 0 Å². The number of nitrogens with two attached hydrogens (primary N) is 2. The monoisotopic (exact) mass is 347 g/mol. The summed E-state index contributed by atoms with van der Waals surface area (Å²) in [6.07, 6.45) is 2.11. The summed E-state index contributed by atoms with van der Waals surface area (Å²) in [5.41, 5.74) is 11.5. The lowest BCUT2D eigenvalue weighted by Crippen LogP contribution is -2.43. The molecular weight excluding hydrogens is 326 g/mol. The molecule has 0 saturated carbocycles. The SMILES string of the molecule is CCCCN(CC(N)=O)C(c1ccc(Br)s1)C(C)N. The molecule has 1 heterocycles. The van der Waals surface area contributed by atoms with Gasteiger partial charge in [-0.25, -0.2) is 0 Å².